The van der Waals surface area contributed by atoms with Gasteiger partial charge in [0.15, 0.2) is 5.83 Å². The molecule has 9 nitrogen and oxygen atoms in total. The summed E-state index contributed by atoms with van der Waals surface area (Å²) in [5.74, 6) is 1.54. The highest BCUT2D eigenvalue weighted by Crippen LogP contribution is 2.54. The summed E-state index contributed by atoms with van der Waals surface area (Å²) in [6.45, 7) is 7.72. The number of nitrogens with one attached hydrogen (secondary N) is 3. The molecule has 2 aromatic heterocycles. The summed E-state index contributed by atoms with van der Waals surface area (Å²) >= 11 is 0. The molecule has 0 amide bonds. The maximum absolute atomic E-state index is 17.0. The molecule has 10 rings (SSSR count). The van der Waals surface area contributed by atoms with Crippen molar-refractivity contribution >= 4 is 28.7 Å². The number of nitrogens with zero attached hydrogens (tertiary/aromatic N) is 5. The van der Waals surface area contributed by atoms with E-state index in [4.69, 9.17) is 14.7 Å². The zero-order valence-electron chi connectivity index (χ0n) is 24.3. The molecule has 10 heteroatoms. The second kappa shape index (κ2) is 9.38. The van der Waals surface area contributed by atoms with Crippen molar-refractivity contribution in [3.8, 4) is 6.01 Å². The van der Waals surface area contributed by atoms with Crippen molar-refractivity contribution in [3.63, 3.8) is 0 Å². The third-order valence-corrected chi connectivity index (χ3v) is 11.1. The van der Waals surface area contributed by atoms with Gasteiger partial charge in [-0.05, 0) is 106 Å². The lowest BCUT2D eigenvalue weighted by Crippen LogP contribution is -2.46. The Hall–Kier alpha value is -3.24. The van der Waals surface area contributed by atoms with Crippen molar-refractivity contribution in [1.82, 2.24) is 35.7 Å². The molecule has 6 bridgehead atoms. The van der Waals surface area contributed by atoms with Gasteiger partial charge in [-0.2, -0.15) is 15.1 Å². The van der Waals surface area contributed by atoms with Gasteiger partial charge in [-0.25, -0.2) is 4.39 Å². The molecule has 1 aromatic carbocycles. The van der Waals surface area contributed by atoms with Crippen LogP contribution < -0.4 is 30.8 Å². The Bertz CT molecular complexity index is 1690. The molecule has 3 aromatic rings. The second-order valence-electron chi connectivity index (χ2n) is 13.5. The molecule has 4 atom stereocenters. The van der Waals surface area contributed by atoms with Gasteiger partial charge in [0.25, 0.3) is 0 Å². The van der Waals surface area contributed by atoms with Crippen LogP contribution in [0.3, 0.4) is 0 Å². The highest BCUT2D eigenvalue weighted by Gasteiger charge is 2.45. The molecule has 42 heavy (non-hydrogen) atoms. The van der Waals surface area contributed by atoms with Crippen LogP contribution in [-0.4, -0.2) is 76.0 Å². The van der Waals surface area contributed by atoms with Crippen LogP contribution in [0.5, 0.6) is 6.01 Å². The van der Waals surface area contributed by atoms with E-state index in [1.54, 1.807) is 0 Å². The number of hydrogen-bond acceptors (Lipinski definition) is 8. The van der Waals surface area contributed by atoms with Crippen LogP contribution in [0, 0.1) is 12.8 Å². The molecule has 6 aliphatic heterocycles. The van der Waals surface area contributed by atoms with E-state index in [9.17, 15) is 0 Å². The minimum Gasteiger partial charge on any atom is -0.461 e. The average molecular weight is 571 g/mol. The number of H-pyrrole nitrogens is 1. The average Bonchev–Trinajstić information content (AvgIpc) is 3.44. The van der Waals surface area contributed by atoms with E-state index in [1.165, 1.54) is 24.0 Å². The quantitative estimate of drug-likeness (QED) is 0.443. The summed E-state index contributed by atoms with van der Waals surface area (Å²) in [4.78, 5) is 14.7. The minimum atomic E-state index is -0.641. The molecule has 8 heterocycles. The van der Waals surface area contributed by atoms with Crippen LogP contribution in [0.15, 0.2) is 12.3 Å². The van der Waals surface area contributed by atoms with Crippen molar-refractivity contribution in [2.45, 2.75) is 75.4 Å². The fourth-order valence-corrected chi connectivity index (χ4v) is 8.89. The number of hydrogen-bond donors (Lipinski definition) is 3. The van der Waals surface area contributed by atoms with Crippen molar-refractivity contribution < 1.29 is 9.13 Å². The van der Waals surface area contributed by atoms with E-state index in [2.05, 4.69) is 43.6 Å². The largest absolute Gasteiger partial charge is 0.461 e. The molecule has 220 valence electrons. The molecule has 0 spiro atoms. The highest BCUT2D eigenvalue weighted by atomic mass is 19.1. The van der Waals surface area contributed by atoms with Crippen LogP contribution in [0.25, 0.3) is 22.9 Å². The number of rotatable bonds is 3. The molecule has 1 aliphatic carbocycles. The third-order valence-electron chi connectivity index (χ3n) is 11.1. The number of benzene rings is 1. The van der Waals surface area contributed by atoms with E-state index in [1.807, 2.05) is 12.4 Å². The minimum absolute atomic E-state index is 0.0694. The monoisotopic (exact) mass is 570 g/mol. The first-order chi connectivity index (χ1) is 20.6. The molecule has 3 saturated heterocycles. The molecule has 7 aliphatic rings. The molecule has 0 radical (unpaired) electrons. The maximum Gasteiger partial charge on any atom is 0.319 e. The number of aryl methyl sites for hydroxylation is 1. The summed E-state index contributed by atoms with van der Waals surface area (Å²) in [6, 6.07) is 2.22. The fraction of sp³-hybridized carbons (Fsp3) is 0.594. The summed E-state index contributed by atoms with van der Waals surface area (Å²) in [6.07, 6.45) is 11.8. The van der Waals surface area contributed by atoms with Crippen LogP contribution in [0.2, 0.25) is 0 Å². The van der Waals surface area contributed by atoms with Gasteiger partial charge in [0, 0.05) is 30.7 Å². The first-order valence-electron chi connectivity index (χ1n) is 15.9. The van der Waals surface area contributed by atoms with Crippen LogP contribution in [-0.2, 0) is 0 Å². The van der Waals surface area contributed by atoms with Crippen molar-refractivity contribution in [2.24, 2.45) is 5.92 Å². The van der Waals surface area contributed by atoms with E-state index in [-0.39, 0.29) is 11.4 Å². The Morgan fingerprint density at radius 2 is 2.00 bits per heavy atom. The zero-order valence-corrected chi connectivity index (χ0v) is 24.3. The first kappa shape index (κ1) is 25.3. The Kier molecular flexibility index (Phi) is 5.64. The molecule has 4 fully saturated rings. The number of aromatic amines is 1. The van der Waals surface area contributed by atoms with Gasteiger partial charge >= 0.3 is 6.01 Å². The zero-order chi connectivity index (χ0) is 28.0. The predicted octanol–water partition coefficient (Wildman–Crippen LogP) is 2.50. The Labute approximate surface area is 244 Å². The molecular formula is C32H39FN8O. The lowest BCUT2D eigenvalue weighted by atomic mass is 9.88. The number of halogens is 1. The van der Waals surface area contributed by atoms with Crippen molar-refractivity contribution in [1.29, 1.82) is 0 Å². The van der Waals surface area contributed by atoms with Crippen LogP contribution >= 0.6 is 0 Å². The van der Waals surface area contributed by atoms with Crippen molar-refractivity contribution in [2.75, 3.05) is 44.2 Å². The van der Waals surface area contributed by atoms with E-state index in [0.717, 1.165) is 92.3 Å². The standard InChI is InChI=1S/C32H39FN8O/c1-18-12-24-22(15-36-39-24)26-25(18)21-13-19(21)4-8-34-20-5-11-40(16-20)30-23-14-35-29(26)27(33)28(23)37-31(38-30)42-17-32-6-2-9-41(32)10-3-7-32/h12,14-15,19-21,29,34-35H,2-11,13,16-17H2,1H3,(H,36,39). The maximum atomic E-state index is 17.0. The molecule has 4 unspecified atom stereocenters. The second-order valence-corrected chi connectivity index (χ2v) is 13.5. The first-order valence-corrected chi connectivity index (χ1v) is 15.9. The lowest BCUT2D eigenvalue weighted by Gasteiger charge is -2.31. The van der Waals surface area contributed by atoms with E-state index < -0.39 is 6.04 Å². The van der Waals surface area contributed by atoms with Gasteiger partial charge in [-0.15, -0.1) is 0 Å². The van der Waals surface area contributed by atoms with Crippen LogP contribution in [0.4, 0.5) is 10.2 Å². The molecule has 1 saturated carbocycles. The van der Waals surface area contributed by atoms with Gasteiger partial charge in [0.05, 0.1) is 22.5 Å². The molecule has 3 N–H and O–H groups in total. The van der Waals surface area contributed by atoms with Gasteiger partial charge in [0.2, 0.25) is 0 Å². The summed E-state index contributed by atoms with van der Waals surface area (Å²) in [5, 5.41) is 16.8. The van der Waals surface area contributed by atoms with Crippen LogP contribution in [0.1, 0.15) is 73.6 Å². The number of aromatic nitrogens is 4. The number of ether oxygens (including phenoxy) is 1. The molecular weight excluding hydrogens is 531 g/mol. The Morgan fingerprint density at radius 3 is 2.88 bits per heavy atom. The normalized spacial score (nSPS) is 29.4. The van der Waals surface area contributed by atoms with E-state index in [0.29, 0.717) is 35.8 Å². The third kappa shape index (κ3) is 3.83. The van der Waals surface area contributed by atoms with Crippen molar-refractivity contribution in [3.05, 3.63) is 39.5 Å². The highest BCUT2D eigenvalue weighted by molar-refractivity contribution is 5.87. The Morgan fingerprint density at radius 1 is 1.12 bits per heavy atom. The summed E-state index contributed by atoms with van der Waals surface area (Å²) in [7, 11) is 0. The lowest BCUT2D eigenvalue weighted by molar-refractivity contribution is 0.107. The number of fused-ring (bicyclic) bond motifs is 5. The SMILES string of the molecule is Cc1cc2[nH]ncc2c2c1C1CC1CCNC1CCN(C1)c1nc(OCC34CCCN3CCC4)nc3c1=CNC2C=3F. The van der Waals surface area contributed by atoms with Gasteiger partial charge in [-0.3, -0.25) is 10.00 Å². The van der Waals surface area contributed by atoms with Gasteiger partial charge < -0.3 is 20.3 Å². The Balaban J connectivity index is 1.21. The fourth-order valence-electron chi connectivity index (χ4n) is 8.89. The summed E-state index contributed by atoms with van der Waals surface area (Å²) < 4.78 is 23.5. The smallest absolute Gasteiger partial charge is 0.319 e. The topological polar surface area (TPSA) is 94.2 Å². The summed E-state index contributed by atoms with van der Waals surface area (Å²) in [5.41, 5.74) is 4.47. The van der Waals surface area contributed by atoms with Gasteiger partial charge in [-0.1, -0.05) is 0 Å². The number of anilines is 1. The van der Waals surface area contributed by atoms with E-state index >= 15 is 4.39 Å². The van der Waals surface area contributed by atoms with Gasteiger partial charge in [0.1, 0.15) is 23.8 Å². The predicted molar refractivity (Wildman–Crippen MR) is 159 cm³/mol.